The molecule has 0 spiro atoms. The van der Waals surface area contributed by atoms with Gasteiger partial charge in [-0.25, -0.2) is 0 Å². The molecule has 2 unspecified atom stereocenters. The molecule has 1 heterocycles. The lowest BCUT2D eigenvalue weighted by Gasteiger charge is -2.36. The van der Waals surface area contributed by atoms with E-state index in [1.54, 1.807) is 18.2 Å². The van der Waals surface area contributed by atoms with Gasteiger partial charge in [0.25, 0.3) is 0 Å². The summed E-state index contributed by atoms with van der Waals surface area (Å²) in [6.45, 7) is 7.77. The van der Waals surface area contributed by atoms with E-state index in [0.717, 1.165) is 38.9 Å². The van der Waals surface area contributed by atoms with Gasteiger partial charge < -0.3 is 15.1 Å². The topological polar surface area (TPSA) is 43.7 Å². The fraction of sp³-hybridized carbons (Fsp3) is 0.455. The third kappa shape index (κ3) is 3.82. The van der Waals surface area contributed by atoms with Gasteiger partial charge in [-0.3, -0.25) is 0 Å². The molecular formula is C22H29NO2. The van der Waals surface area contributed by atoms with Crippen molar-refractivity contribution < 1.29 is 10.2 Å². The molecule has 0 aliphatic carbocycles. The molecule has 2 atom stereocenters. The van der Waals surface area contributed by atoms with Crippen molar-refractivity contribution in [1.29, 1.82) is 0 Å². The highest BCUT2D eigenvalue weighted by molar-refractivity contribution is 5.35. The third-order valence-electron chi connectivity index (χ3n) is 6.01. The number of phenols is 2. The van der Waals surface area contributed by atoms with E-state index in [1.165, 1.54) is 11.1 Å². The summed E-state index contributed by atoms with van der Waals surface area (Å²) in [5, 5.41) is 19.4. The van der Waals surface area contributed by atoms with Gasteiger partial charge in [0, 0.05) is 18.5 Å². The van der Waals surface area contributed by atoms with Crippen LogP contribution in [0.3, 0.4) is 0 Å². The number of hydrogen-bond donors (Lipinski definition) is 2. The van der Waals surface area contributed by atoms with E-state index >= 15 is 0 Å². The number of phenolic OH excluding ortho intramolecular Hbond substituents is 2. The molecule has 1 fully saturated rings. The van der Waals surface area contributed by atoms with E-state index in [0.29, 0.717) is 17.4 Å². The number of aromatic hydroxyl groups is 2. The molecule has 3 rings (SSSR count). The quantitative estimate of drug-likeness (QED) is 0.823. The van der Waals surface area contributed by atoms with Gasteiger partial charge in [0.05, 0.1) is 0 Å². The van der Waals surface area contributed by atoms with Crippen molar-refractivity contribution in [3.05, 3.63) is 59.7 Å². The highest BCUT2D eigenvalue weighted by Crippen LogP contribution is 2.43. The first-order valence-corrected chi connectivity index (χ1v) is 9.33. The van der Waals surface area contributed by atoms with Crippen molar-refractivity contribution in [3.63, 3.8) is 0 Å². The average molecular weight is 339 g/mol. The molecule has 0 bridgehead atoms. The molecule has 1 aliphatic rings. The molecular weight excluding hydrogens is 310 g/mol. The maximum Gasteiger partial charge on any atom is 0.115 e. The van der Waals surface area contributed by atoms with E-state index in [4.69, 9.17) is 0 Å². The van der Waals surface area contributed by atoms with Crippen LogP contribution in [0.15, 0.2) is 48.5 Å². The summed E-state index contributed by atoms with van der Waals surface area (Å²) in [6.07, 6.45) is 3.28. The average Bonchev–Trinajstić information content (AvgIpc) is 3.06. The Hall–Kier alpha value is -2.00. The van der Waals surface area contributed by atoms with Crippen LogP contribution < -0.4 is 0 Å². The van der Waals surface area contributed by atoms with E-state index < -0.39 is 0 Å². The van der Waals surface area contributed by atoms with Crippen LogP contribution in [0.1, 0.15) is 37.8 Å². The molecule has 2 N–H and O–H groups in total. The van der Waals surface area contributed by atoms with E-state index in [9.17, 15) is 10.2 Å². The zero-order valence-electron chi connectivity index (χ0n) is 15.3. The molecule has 2 aromatic carbocycles. The monoisotopic (exact) mass is 339 g/mol. The zero-order chi connectivity index (χ0) is 17.9. The summed E-state index contributed by atoms with van der Waals surface area (Å²) in [5.74, 6) is 1.26. The van der Waals surface area contributed by atoms with E-state index in [1.807, 2.05) is 24.3 Å². The smallest absolute Gasteiger partial charge is 0.115 e. The molecule has 0 aromatic heterocycles. The molecule has 2 aromatic rings. The number of nitrogens with zero attached hydrogens (tertiary/aromatic N) is 1. The predicted molar refractivity (Wildman–Crippen MR) is 102 cm³/mol. The molecule has 25 heavy (non-hydrogen) atoms. The Bertz CT molecular complexity index is 697. The lowest BCUT2D eigenvalue weighted by molar-refractivity contribution is 0.254. The fourth-order valence-electron chi connectivity index (χ4n) is 4.18. The predicted octanol–water partition coefficient (Wildman–Crippen LogP) is 4.33. The molecule has 0 radical (unpaired) electrons. The van der Waals surface area contributed by atoms with E-state index in [-0.39, 0.29) is 5.41 Å². The maximum atomic E-state index is 9.95. The van der Waals surface area contributed by atoms with Crippen LogP contribution in [0, 0.1) is 5.92 Å². The van der Waals surface area contributed by atoms with Gasteiger partial charge in [-0.05, 0) is 60.7 Å². The van der Waals surface area contributed by atoms with Crippen LogP contribution in [0.4, 0.5) is 0 Å². The number of hydrogen-bond acceptors (Lipinski definition) is 3. The second-order valence-electron chi connectivity index (χ2n) is 7.46. The van der Waals surface area contributed by atoms with Gasteiger partial charge in [-0.15, -0.1) is 0 Å². The van der Waals surface area contributed by atoms with Crippen LogP contribution in [0.5, 0.6) is 11.5 Å². The van der Waals surface area contributed by atoms with Gasteiger partial charge in [-0.1, -0.05) is 44.5 Å². The first-order chi connectivity index (χ1) is 12.0. The number of benzene rings is 2. The Labute approximate surface area is 150 Å². The first kappa shape index (κ1) is 17.8. The van der Waals surface area contributed by atoms with Crippen molar-refractivity contribution in [1.82, 2.24) is 4.90 Å². The van der Waals surface area contributed by atoms with E-state index in [2.05, 4.69) is 24.8 Å². The normalized spacial score (nSPS) is 22.2. The van der Waals surface area contributed by atoms with Crippen LogP contribution >= 0.6 is 0 Å². The Kier molecular flexibility index (Phi) is 5.33. The Morgan fingerprint density at radius 2 is 1.84 bits per heavy atom. The van der Waals surface area contributed by atoms with Crippen LogP contribution in [-0.2, 0) is 11.8 Å². The van der Waals surface area contributed by atoms with Crippen molar-refractivity contribution in [2.45, 2.75) is 38.5 Å². The minimum atomic E-state index is 0.127. The number of rotatable bonds is 6. The lowest BCUT2D eigenvalue weighted by atomic mass is 9.69. The standard InChI is InChI=1S/C22H29NO2/c1-3-17(2)22(19-5-4-6-21(25)15-19)12-14-23(16-22)13-11-18-7-9-20(24)10-8-18/h4-10,15,17,24-25H,3,11-14,16H2,1-2H3. The summed E-state index contributed by atoms with van der Waals surface area (Å²) < 4.78 is 0. The van der Waals surface area contributed by atoms with Crippen molar-refractivity contribution in [3.8, 4) is 11.5 Å². The van der Waals surface area contributed by atoms with Crippen molar-refractivity contribution >= 4 is 0 Å². The van der Waals surface area contributed by atoms with Crippen LogP contribution in [0.2, 0.25) is 0 Å². The summed E-state index contributed by atoms with van der Waals surface area (Å²) in [7, 11) is 0. The molecule has 3 nitrogen and oxygen atoms in total. The fourth-order valence-corrected chi connectivity index (χ4v) is 4.18. The molecule has 0 saturated carbocycles. The van der Waals surface area contributed by atoms with Gasteiger partial charge in [0.2, 0.25) is 0 Å². The Balaban J connectivity index is 1.73. The highest BCUT2D eigenvalue weighted by Gasteiger charge is 2.43. The van der Waals surface area contributed by atoms with Gasteiger partial charge >= 0.3 is 0 Å². The summed E-state index contributed by atoms with van der Waals surface area (Å²) in [5.41, 5.74) is 2.66. The Morgan fingerprint density at radius 1 is 1.08 bits per heavy atom. The minimum absolute atomic E-state index is 0.127. The second-order valence-corrected chi connectivity index (χ2v) is 7.46. The highest BCUT2D eigenvalue weighted by atomic mass is 16.3. The largest absolute Gasteiger partial charge is 0.508 e. The molecule has 3 heteroatoms. The summed E-state index contributed by atoms with van der Waals surface area (Å²) in [6, 6.07) is 15.4. The van der Waals surface area contributed by atoms with Gasteiger partial charge in [-0.2, -0.15) is 0 Å². The van der Waals surface area contributed by atoms with Crippen LogP contribution in [-0.4, -0.2) is 34.7 Å². The second kappa shape index (κ2) is 7.49. The van der Waals surface area contributed by atoms with Crippen LogP contribution in [0.25, 0.3) is 0 Å². The third-order valence-corrected chi connectivity index (χ3v) is 6.01. The maximum absolute atomic E-state index is 9.95. The van der Waals surface area contributed by atoms with Gasteiger partial charge in [0.15, 0.2) is 0 Å². The molecule has 1 saturated heterocycles. The lowest BCUT2D eigenvalue weighted by Crippen LogP contribution is -2.37. The molecule has 0 amide bonds. The molecule has 134 valence electrons. The SMILES string of the molecule is CCC(C)C1(c2cccc(O)c2)CCN(CCc2ccc(O)cc2)C1. The van der Waals surface area contributed by atoms with Crippen molar-refractivity contribution in [2.24, 2.45) is 5.92 Å². The minimum Gasteiger partial charge on any atom is -0.508 e. The Morgan fingerprint density at radius 3 is 2.52 bits per heavy atom. The zero-order valence-corrected chi connectivity index (χ0v) is 15.3. The van der Waals surface area contributed by atoms with Crippen molar-refractivity contribution in [2.75, 3.05) is 19.6 Å². The summed E-state index contributed by atoms with van der Waals surface area (Å²) in [4.78, 5) is 2.54. The molecule has 1 aliphatic heterocycles. The van der Waals surface area contributed by atoms with Gasteiger partial charge in [0.1, 0.15) is 11.5 Å². The summed E-state index contributed by atoms with van der Waals surface area (Å²) >= 11 is 0. The number of likely N-dealkylation sites (tertiary alicyclic amines) is 1. The first-order valence-electron chi connectivity index (χ1n) is 9.33.